The number of halogens is 1. The molecule has 0 aromatic heterocycles. The molecular weight excluding hydrogens is 261 g/mol. The fourth-order valence-electron chi connectivity index (χ4n) is 2.75. The molecule has 6 heteroatoms. The molecule has 110 valence electrons. The van der Waals surface area contributed by atoms with Crippen LogP contribution in [0.5, 0.6) is 0 Å². The highest BCUT2D eigenvalue weighted by Crippen LogP contribution is 2.19. The second-order valence-corrected chi connectivity index (χ2v) is 5.59. The average molecular weight is 281 g/mol. The van der Waals surface area contributed by atoms with Gasteiger partial charge in [0.25, 0.3) is 5.69 Å². The van der Waals surface area contributed by atoms with Crippen LogP contribution in [0.4, 0.5) is 10.1 Å². The van der Waals surface area contributed by atoms with Crippen molar-refractivity contribution in [3.05, 3.63) is 39.7 Å². The van der Waals surface area contributed by atoms with Crippen molar-refractivity contribution in [3.63, 3.8) is 0 Å². The maximum absolute atomic E-state index is 13.3. The summed E-state index contributed by atoms with van der Waals surface area (Å²) < 4.78 is 13.3. The number of non-ortho nitro benzene ring substituents is 1. The normalized spacial score (nSPS) is 23.8. The Kier molecular flexibility index (Phi) is 4.67. The van der Waals surface area contributed by atoms with Gasteiger partial charge >= 0.3 is 0 Å². The van der Waals surface area contributed by atoms with Crippen molar-refractivity contribution < 1.29 is 9.31 Å². The Labute approximate surface area is 117 Å². The lowest BCUT2D eigenvalue weighted by atomic mass is 9.94. The summed E-state index contributed by atoms with van der Waals surface area (Å²) in [6, 6.07) is 4.09. The van der Waals surface area contributed by atoms with Crippen molar-refractivity contribution in [1.29, 1.82) is 0 Å². The van der Waals surface area contributed by atoms with Crippen LogP contribution < -0.4 is 5.32 Å². The summed E-state index contributed by atoms with van der Waals surface area (Å²) in [5.74, 6) is -0.0512. The van der Waals surface area contributed by atoms with E-state index in [0.29, 0.717) is 24.1 Å². The highest BCUT2D eigenvalue weighted by molar-refractivity contribution is 5.35. The zero-order valence-corrected chi connectivity index (χ0v) is 11.8. The lowest BCUT2D eigenvalue weighted by Crippen LogP contribution is -2.46. The minimum Gasteiger partial charge on any atom is -0.310 e. The smallest absolute Gasteiger partial charge is 0.272 e. The van der Waals surface area contributed by atoms with Gasteiger partial charge in [0.15, 0.2) is 0 Å². The molecule has 5 nitrogen and oxygen atoms in total. The number of benzene rings is 1. The third-order valence-electron chi connectivity index (χ3n) is 3.83. The lowest BCUT2D eigenvalue weighted by molar-refractivity contribution is -0.385. The molecule has 2 atom stereocenters. The van der Waals surface area contributed by atoms with Crippen LogP contribution in [0.3, 0.4) is 0 Å². The molecular formula is C14H20FN3O2. The van der Waals surface area contributed by atoms with Gasteiger partial charge in [-0.15, -0.1) is 0 Å². The Balaban J connectivity index is 1.98. The first-order valence-corrected chi connectivity index (χ1v) is 6.81. The molecule has 2 rings (SSSR count). The summed E-state index contributed by atoms with van der Waals surface area (Å²) in [5, 5.41) is 14.1. The van der Waals surface area contributed by atoms with Crippen molar-refractivity contribution >= 4 is 5.69 Å². The quantitative estimate of drug-likeness (QED) is 0.678. The predicted molar refractivity (Wildman–Crippen MR) is 75.0 cm³/mol. The van der Waals surface area contributed by atoms with E-state index in [9.17, 15) is 14.5 Å². The highest BCUT2D eigenvalue weighted by atomic mass is 19.1. The number of nitrogens with one attached hydrogen (secondary N) is 1. The largest absolute Gasteiger partial charge is 0.310 e. The lowest BCUT2D eigenvalue weighted by Gasteiger charge is -2.35. The molecule has 1 N–H and O–H groups in total. The number of piperidine rings is 1. The molecule has 1 heterocycles. The Bertz CT molecular complexity index is 495. The van der Waals surface area contributed by atoms with Gasteiger partial charge in [0.2, 0.25) is 0 Å². The standard InChI is InChI=1S/C14H20FN3O2/c1-10-9-17(2)4-3-14(10)16-8-11-5-12(15)7-13(6-11)18(19)20/h5-7,10,14,16H,3-4,8-9H2,1-2H3. The second-order valence-electron chi connectivity index (χ2n) is 5.59. The van der Waals surface area contributed by atoms with E-state index in [4.69, 9.17) is 0 Å². The third-order valence-corrected chi connectivity index (χ3v) is 3.83. The molecule has 0 saturated carbocycles. The van der Waals surface area contributed by atoms with E-state index in [-0.39, 0.29) is 5.69 Å². The van der Waals surface area contributed by atoms with E-state index < -0.39 is 10.7 Å². The number of rotatable bonds is 4. The van der Waals surface area contributed by atoms with E-state index in [1.54, 1.807) is 0 Å². The number of nitro benzene ring substituents is 1. The van der Waals surface area contributed by atoms with Gasteiger partial charge in [0.05, 0.1) is 11.0 Å². The van der Waals surface area contributed by atoms with Gasteiger partial charge in [-0.2, -0.15) is 0 Å². The molecule has 0 spiro atoms. The van der Waals surface area contributed by atoms with E-state index in [1.165, 1.54) is 12.1 Å². The first-order chi connectivity index (χ1) is 9.45. The first-order valence-electron chi connectivity index (χ1n) is 6.81. The Morgan fingerprint density at radius 2 is 2.25 bits per heavy atom. The third kappa shape index (κ3) is 3.74. The molecule has 1 saturated heterocycles. The fraction of sp³-hybridized carbons (Fsp3) is 0.571. The van der Waals surface area contributed by atoms with Crippen molar-refractivity contribution in [3.8, 4) is 0 Å². The molecule has 0 bridgehead atoms. The van der Waals surface area contributed by atoms with Gasteiger partial charge in [-0.05, 0) is 37.6 Å². The first kappa shape index (κ1) is 14.9. The van der Waals surface area contributed by atoms with Crippen molar-refractivity contribution in [2.75, 3.05) is 20.1 Å². The van der Waals surface area contributed by atoms with Gasteiger partial charge in [0.1, 0.15) is 5.82 Å². The van der Waals surface area contributed by atoms with Crippen LogP contribution >= 0.6 is 0 Å². The minimum absolute atomic E-state index is 0.196. The summed E-state index contributed by atoms with van der Waals surface area (Å²) in [6.07, 6.45) is 1.04. The molecule has 2 unspecified atom stereocenters. The summed E-state index contributed by atoms with van der Waals surface area (Å²) in [7, 11) is 2.10. The minimum atomic E-state index is -0.565. The van der Waals surface area contributed by atoms with Crippen LogP contribution in [0.15, 0.2) is 18.2 Å². The van der Waals surface area contributed by atoms with Crippen molar-refractivity contribution in [2.24, 2.45) is 5.92 Å². The summed E-state index contributed by atoms with van der Waals surface area (Å²) in [4.78, 5) is 12.4. The Morgan fingerprint density at radius 1 is 1.50 bits per heavy atom. The van der Waals surface area contributed by atoms with Gasteiger partial charge in [-0.25, -0.2) is 4.39 Å². The Hall–Kier alpha value is -1.53. The molecule has 1 fully saturated rings. The summed E-state index contributed by atoms with van der Waals surface area (Å²) >= 11 is 0. The van der Waals surface area contributed by atoms with Crippen LogP contribution in [0.25, 0.3) is 0 Å². The molecule has 1 aromatic carbocycles. The van der Waals surface area contributed by atoms with Gasteiger partial charge in [0, 0.05) is 25.2 Å². The highest BCUT2D eigenvalue weighted by Gasteiger charge is 2.23. The molecule has 1 aliphatic rings. The van der Waals surface area contributed by atoms with Crippen LogP contribution in [0.1, 0.15) is 18.9 Å². The van der Waals surface area contributed by atoms with Crippen molar-refractivity contribution in [1.82, 2.24) is 10.2 Å². The number of nitro groups is 1. The number of likely N-dealkylation sites (tertiary alicyclic amines) is 1. The molecule has 0 radical (unpaired) electrons. The topological polar surface area (TPSA) is 58.4 Å². The second kappa shape index (κ2) is 6.28. The van der Waals surface area contributed by atoms with Crippen LogP contribution in [0.2, 0.25) is 0 Å². The van der Waals surface area contributed by atoms with E-state index >= 15 is 0 Å². The molecule has 0 amide bonds. The van der Waals surface area contributed by atoms with Crippen molar-refractivity contribution in [2.45, 2.75) is 25.9 Å². The van der Waals surface area contributed by atoms with Gasteiger partial charge in [-0.3, -0.25) is 10.1 Å². The molecule has 0 aliphatic carbocycles. The summed E-state index contributed by atoms with van der Waals surface area (Å²) in [6.45, 7) is 4.70. The average Bonchev–Trinajstić information content (AvgIpc) is 2.37. The van der Waals surface area contributed by atoms with E-state index in [1.807, 2.05) is 0 Å². The van der Waals surface area contributed by atoms with Crippen LogP contribution in [-0.4, -0.2) is 36.0 Å². The van der Waals surface area contributed by atoms with Gasteiger partial charge in [-0.1, -0.05) is 6.92 Å². The predicted octanol–water partition coefficient (Wildman–Crippen LogP) is 2.16. The SMILES string of the molecule is CC1CN(C)CCC1NCc1cc(F)cc([N+](=O)[O-])c1. The van der Waals surface area contributed by atoms with Gasteiger partial charge < -0.3 is 10.2 Å². The molecule has 1 aliphatic heterocycles. The van der Waals surface area contributed by atoms with E-state index in [0.717, 1.165) is 25.6 Å². The zero-order chi connectivity index (χ0) is 14.7. The van der Waals surface area contributed by atoms with Crippen LogP contribution in [-0.2, 0) is 6.54 Å². The molecule has 20 heavy (non-hydrogen) atoms. The monoisotopic (exact) mass is 281 g/mol. The maximum Gasteiger partial charge on any atom is 0.272 e. The summed E-state index contributed by atoms with van der Waals surface area (Å²) in [5.41, 5.74) is 0.418. The molecule has 1 aromatic rings. The zero-order valence-electron chi connectivity index (χ0n) is 11.8. The number of hydrogen-bond donors (Lipinski definition) is 1. The van der Waals surface area contributed by atoms with Crippen LogP contribution in [0, 0.1) is 21.8 Å². The van der Waals surface area contributed by atoms with E-state index in [2.05, 4.69) is 24.2 Å². The Morgan fingerprint density at radius 3 is 2.90 bits per heavy atom. The maximum atomic E-state index is 13.3. The number of nitrogens with zero attached hydrogens (tertiary/aromatic N) is 2. The number of hydrogen-bond acceptors (Lipinski definition) is 4. The fourth-order valence-corrected chi connectivity index (χ4v) is 2.75.